The van der Waals surface area contributed by atoms with Crippen molar-refractivity contribution in [2.75, 3.05) is 5.17 Å². The molecule has 0 fully saturated rings. The van der Waals surface area contributed by atoms with Crippen molar-refractivity contribution in [3.8, 4) is 0 Å². The molecule has 12 heavy (non-hydrogen) atoms. The summed E-state index contributed by atoms with van der Waals surface area (Å²) in [7, 11) is 0. The number of hydrogen-bond acceptors (Lipinski definition) is 5. The first-order valence-corrected chi connectivity index (χ1v) is 3.45. The van der Waals surface area contributed by atoms with E-state index in [2.05, 4.69) is 4.99 Å². The lowest BCUT2D eigenvalue weighted by Gasteiger charge is -2.28. The summed E-state index contributed by atoms with van der Waals surface area (Å²) in [6, 6.07) is 7.17. The summed E-state index contributed by atoms with van der Waals surface area (Å²) in [5, 5.41) is 11.2. The van der Waals surface area contributed by atoms with Gasteiger partial charge < -0.3 is 0 Å². The zero-order chi connectivity index (χ0) is 8.55. The Morgan fingerprint density at radius 3 is 2.92 bits per heavy atom. The van der Waals surface area contributed by atoms with Crippen LogP contribution in [0, 0.1) is 0 Å². The second-order valence-electron chi connectivity index (χ2n) is 2.40. The van der Waals surface area contributed by atoms with Crippen LogP contribution >= 0.6 is 0 Å². The fourth-order valence-corrected chi connectivity index (χ4v) is 1.04. The number of nitrogens with two attached hydrogens (primary N) is 1. The first-order valence-electron chi connectivity index (χ1n) is 3.45. The highest BCUT2D eigenvalue weighted by molar-refractivity contribution is 5.76. The summed E-state index contributed by atoms with van der Waals surface area (Å²) < 4.78 is 0. The van der Waals surface area contributed by atoms with E-state index < -0.39 is 0 Å². The van der Waals surface area contributed by atoms with Crippen molar-refractivity contribution in [2.45, 2.75) is 0 Å². The second-order valence-corrected chi connectivity index (χ2v) is 2.40. The third kappa shape index (κ3) is 0.919. The minimum atomic E-state index is 0.572. The van der Waals surface area contributed by atoms with Gasteiger partial charge in [0.1, 0.15) is 12.0 Å². The molecule has 0 unspecified atom stereocenters. The standard InChI is InChI=1S/C7H8N4O/c8-10-5-9-6-3-1-2-4-7(6)11(10)12/h1-5,12H,8H2. The molecular weight excluding hydrogens is 156 g/mol. The molecule has 0 spiro atoms. The van der Waals surface area contributed by atoms with E-state index in [-0.39, 0.29) is 0 Å². The molecule has 0 atom stereocenters. The summed E-state index contributed by atoms with van der Waals surface area (Å²) in [6.07, 6.45) is 1.34. The fourth-order valence-electron chi connectivity index (χ4n) is 1.04. The molecule has 0 aromatic heterocycles. The van der Waals surface area contributed by atoms with Gasteiger partial charge in [0.2, 0.25) is 0 Å². The molecule has 0 bridgehead atoms. The molecule has 0 amide bonds. The molecule has 1 aliphatic heterocycles. The van der Waals surface area contributed by atoms with Crippen molar-refractivity contribution >= 4 is 17.7 Å². The van der Waals surface area contributed by atoms with E-state index in [1.54, 1.807) is 18.2 Å². The molecule has 5 nitrogen and oxygen atoms in total. The summed E-state index contributed by atoms with van der Waals surface area (Å²) >= 11 is 0. The molecule has 0 saturated carbocycles. The van der Waals surface area contributed by atoms with Gasteiger partial charge in [-0.05, 0) is 12.1 Å². The van der Waals surface area contributed by atoms with Gasteiger partial charge in [-0.2, -0.15) is 5.12 Å². The zero-order valence-corrected chi connectivity index (χ0v) is 6.25. The minimum absolute atomic E-state index is 0.572. The maximum Gasteiger partial charge on any atom is 0.131 e. The van der Waals surface area contributed by atoms with Gasteiger partial charge in [0.25, 0.3) is 0 Å². The highest BCUT2D eigenvalue weighted by Crippen LogP contribution is 2.29. The van der Waals surface area contributed by atoms with Gasteiger partial charge in [-0.25, -0.2) is 10.8 Å². The van der Waals surface area contributed by atoms with Crippen LogP contribution in [0.15, 0.2) is 29.3 Å². The summed E-state index contributed by atoms with van der Waals surface area (Å²) in [4.78, 5) is 4.00. The Kier molecular flexibility index (Phi) is 1.46. The van der Waals surface area contributed by atoms with Crippen LogP contribution in [0.1, 0.15) is 0 Å². The number of para-hydroxylation sites is 2. The van der Waals surface area contributed by atoms with Crippen LogP contribution < -0.4 is 11.0 Å². The summed E-state index contributed by atoms with van der Waals surface area (Å²) in [5.41, 5.74) is 1.27. The monoisotopic (exact) mass is 164 g/mol. The highest BCUT2D eigenvalue weighted by Gasteiger charge is 2.15. The predicted molar refractivity (Wildman–Crippen MR) is 44.9 cm³/mol. The summed E-state index contributed by atoms with van der Waals surface area (Å²) in [6.45, 7) is 0. The van der Waals surface area contributed by atoms with Crippen LogP contribution in [0.2, 0.25) is 0 Å². The Morgan fingerprint density at radius 1 is 1.33 bits per heavy atom. The molecule has 1 aliphatic rings. The molecule has 0 aliphatic carbocycles. The molecule has 0 saturated heterocycles. The van der Waals surface area contributed by atoms with E-state index in [9.17, 15) is 5.21 Å². The third-order valence-corrected chi connectivity index (χ3v) is 1.63. The number of aliphatic imine (C=N–C) groups is 1. The lowest BCUT2D eigenvalue weighted by Crippen LogP contribution is -2.46. The van der Waals surface area contributed by atoms with Crippen molar-refractivity contribution in [2.24, 2.45) is 10.8 Å². The molecule has 62 valence electrons. The fraction of sp³-hybridized carbons (Fsp3) is 0. The first-order chi connectivity index (χ1) is 5.79. The van der Waals surface area contributed by atoms with Crippen LogP contribution in [0.5, 0.6) is 0 Å². The van der Waals surface area contributed by atoms with E-state index >= 15 is 0 Å². The Morgan fingerprint density at radius 2 is 2.08 bits per heavy atom. The lowest BCUT2D eigenvalue weighted by atomic mass is 10.3. The maximum atomic E-state index is 9.37. The number of fused-ring (bicyclic) bond motifs is 1. The van der Waals surface area contributed by atoms with Gasteiger partial charge in [0.05, 0.1) is 5.69 Å². The quantitative estimate of drug-likeness (QED) is 0.552. The molecular formula is C7H8N4O. The Hall–Kier alpha value is -1.59. The zero-order valence-electron chi connectivity index (χ0n) is 6.25. The SMILES string of the molecule is NN1C=Nc2ccccc2N1O. The number of hydrogen-bond donors (Lipinski definition) is 2. The minimum Gasteiger partial charge on any atom is -0.267 e. The van der Waals surface area contributed by atoms with Crippen molar-refractivity contribution in [3.05, 3.63) is 24.3 Å². The lowest BCUT2D eigenvalue weighted by molar-refractivity contribution is 0.125. The van der Waals surface area contributed by atoms with E-state index in [4.69, 9.17) is 5.84 Å². The van der Waals surface area contributed by atoms with Gasteiger partial charge in [0.15, 0.2) is 0 Å². The van der Waals surface area contributed by atoms with Crippen molar-refractivity contribution in [1.82, 2.24) is 5.12 Å². The maximum absolute atomic E-state index is 9.37. The van der Waals surface area contributed by atoms with E-state index in [1.165, 1.54) is 6.34 Å². The number of hydrazine groups is 2. The van der Waals surface area contributed by atoms with Gasteiger partial charge in [-0.1, -0.05) is 12.1 Å². The first kappa shape index (κ1) is 7.08. The molecule has 0 radical (unpaired) electrons. The normalized spacial score (nSPS) is 14.8. The van der Waals surface area contributed by atoms with E-state index in [0.717, 1.165) is 10.3 Å². The van der Waals surface area contributed by atoms with Gasteiger partial charge in [-0.15, -0.1) is 5.17 Å². The Balaban J connectivity index is 2.52. The van der Waals surface area contributed by atoms with Gasteiger partial charge in [-0.3, -0.25) is 5.21 Å². The smallest absolute Gasteiger partial charge is 0.131 e. The number of rotatable bonds is 0. The van der Waals surface area contributed by atoms with Crippen LogP contribution in [0.4, 0.5) is 11.4 Å². The van der Waals surface area contributed by atoms with E-state index in [0.29, 0.717) is 11.4 Å². The van der Waals surface area contributed by atoms with Crippen LogP contribution in [-0.2, 0) is 0 Å². The van der Waals surface area contributed by atoms with E-state index in [1.807, 2.05) is 6.07 Å². The van der Waals surface area contributed by atoms with Crippen molar-refractivity contribution in [1.29, 1.82) is 0 Å². The Labute approximate surface area is 69.2 Å². The van der Waals surface area contributed by atoms with Crippen LogP contribution in [0.25, 0.3) is 0 Å². The number of nitrogens with zero attached hydrogens (tertiary/aromatic N) is 3. The molecule has 1 heterocycles. The topological polar surface area (TPSA) is 65.1 Å². The van der Waals surface area contributed by atoms with Crippen molar-refractivity contribution in [3.63, 3.8) is 0 Å². The van der Waals surface area contributed by atoms with Crippen LogP contribution in [-0.4, -0.2) is 16.7 Å². The molecule has 1 aromatic carbocycles. The number of anilines is 1. The number of benzene rings is 1. The molecule has 2 rings (SSSR count). The largest absolute Gasteiger partial charge is 0.267 e. The van der Waals surface area contributed by atoms with Crippen LogP contribution in [0.3, 0.4) is 0 Å². The Bertz CT molecular complexity index is 325. The highest BCUT2D eigenvalue weighted by atomic mass is 16.6. The average molecular weight is 164 g/mol. The molecule has 3 N–H and O–H groups in total. The van der Waals surface area contributed by atoms with Gasteiger partial charge in [0, 0.05) is 0 Å². The second kappa shape index (κ2) is 2.47. The summed E-state index contributed by atoms with van der Waals surface area (Å²) in [5.74, 6) is 5.35. The predicted octanol–water partition coefficient (Wildman–Crippen LogP) is 0.646. The molecule has 5 heteroatoms. The van der Waals surface area contributed by atoms with Gasteiger partial charge >= 0.3 is 0 Å². The average Bonchev–Trinajstić information content (AvgIpc) is 2.12. The molecule has 1 aromatic rings. The van der Waals surface area contributed by atoms with Crippen molar-refractivity contribution < 1.29 is 5.21 Å². The third-order valence-electron chi connectivity index (χ3n) is 1.63.